The van der Waals surface area contributed by atoms with Crippen molar-refractivity contribution in [3.05, 3.63) is 0 Å². The summed E-state index contributed by atoms with van der Waals surface area (Å²) < 4.78 is 26.8. The van der Waals surface area contributed by atoms with E-state index in [9.17, 15) is 8.42 Å². The quantitative estimate of drug-likeness (QED) is 0.416. The number of hydrogen-bond acceptors (Lipinski definition) is 4. The molecule has 0 atom stereocenters. The molecule has 0 aromatic heterocycles. The zero-order valence-electron chi connectivity index (χ0n) is 7.48. The van der Waals surface area contributed by atoms with E-state index in [4.69, 9.17) is 15.7 Å². The lowest BCUT2D eigenvalue weighted by Crippen LogP contribution is -2.62. The van der Waals surface area contributed by atoms with Crippen LogP contribution in [0.4, 0.5) is 0 Å². The highest BCUT2D eigenvalue weighted by atomic mass is 32.2. The molecule has 0 unspecified atom stereocenters. The van der Waals surface area contributed by atoms with Gasteiger partial charge >= 0.3 is 0 Å². The van der Waals surface area contributed by atoms with E-state index in [1.54, 1.807) is 0 Å². The number of morpholine rings is 1. The lowest BCUT2D eigenvalue weighted by Gasteiger charge is -2.35. The minimum atomic E-state index is -3.40. The van der Waals surface area contributed by atoms with Gasteiger partial charge in [0.2, 0.25) is 10.0 Å². The van der Waals surface area contributed by atoms with Gasteiger partial charge in [0.25, 0.3) is 0 Å². The molecule has 7 heteroatoms. The van der Waals surface area contributed by atoms with E-state index < -0.39 is 10.0 Å². The Morgan fingerprint density at radius 1 is 1.31 bits per heavy atom. The predicted molar refractivity (Wildman–Crippen MR) is 47.8 cm³/mol. The van der Waals surface area contributed by atoms with Gasteiger partial charge in [-0.05, 0) is 0 Å². The first kappa shape index (κ1) is 10.9. The van der Waals surface area contributed by atoms with Crippen LogP contribution in [0, 0.1) is 0 Å². The van der Waals surface area contributed by atoms with Crippen molar-refractivity contribution in [1.29, 1.82) is 0 Å². The van der Waals surface area contributed by atoms with E-state index in [1.165, 1.54) is 0 Å². The molecule has 1 heterocycles. The third-order valence-corrected chi connectivity index (χ3v) is 2.93. The summed E-state index contributed by atoms with van der Waals surface area (Å²) in [6.45, 7) is 2.83. The van der Waals surface area contributed by atoms with Crippen molar-refractivity contribution in [1.82, 2.24) is 0 Å². The fraction of sp³-hybridized carbons (Fsp3) is 1.00. The minimum absolute atomic E-state index is 0.0660. The van der Waals surface area contributed by atoms with Gasteiger partial charge in [0.05, 0.1) is 13.2 Å². The van der Waals surface area contributed by atoms with Crippen LogP contribution >= 0.6 is 0 Å². The first-order valence-corrected chi connectivity index (χ1v) is 5.86. The van der Waals surface area contributed by atoms with Crippen LogP contribution in [0.5, 0.6) is 0 Å². The van der Waals surface area contributed by atoms with Gasteiger partial charge in [0, 0.05) is 0 Å². The van der Waals surface area contributed by atoms with Crippen molar-refractivity contribution in [2.45, 2.75) is 0 Å². The van der Waals surface area contributed by atoms with E-state index in [0.717, 1.165) is 0 Å². The number of rotatable bonds is 3. The van der Waals surface area contributed by atoms with Crippen LogP contribution in [0.2, 0.25) is 0 Å². The van der Waals surface area contributed by atoms with Gasteiger partial charge in [0.1, 0.15) is 25.4 Å². The summed E-state index contributed by atoms with van der Waals surface area (Å²) in [6, 6.07) is 0. The number of hydrogen-bond donors (Lipinski definition) is 2. The average molecular weight is 210 g/mol. The highest BCUT2D eigenvalue weighted by Crippen LogP contribution is 2.03. The van der Waals surface area contributed by atoms with Crippen LogP contribution in [0.15, 0.2) is 0 Å². The van der Waals surface area contributed by atoms with E-state index in [-0.39, 0.29) is 10.3 Å². The van der Waals surface area contributed by atoms with Crippen LogP contribution in [0.25, 0.3) is 0 Å². The van der Waals surface area contributed by atoms with Crippen molar-refractivity contribution in [2.24, 2.45) is 11.0 Å². The smallest absolute Gasteiger partial charge is 0.214 e. The Morgan fingerprint density at radius 3 is 2.31 bits per heavy atom. The Morgan fingerprint density at radius 2 is 1.85 bits per heavy atom. The molecule has 4 N–H and O–H groups in total. The van der Waals surface area contributed by atoms with Crippen LogP contribution in [-0.4, -0.2) is 51.6 Å². The summed E-state index contributed by atoms with van der Waals surface area (Å²) in [7, 11) is -3.40. The molecule has 1 aliphatic rings. The van der Waals surface area contributed by atoms with Gasteiger partial charge < -0.3 is 4.74 Å². The van der Waals surface area contributed by atoms with E-state index in [1.807, 2.05) is 0 Å². The molecule has 1 fully saturated rings. The monoisotopic (exact) mass is 210 g/mol. The molecule has 0 aromatic carbocycles. The third-order valence-electron chi connectivity index (χ3n) is 2.18. The van der Waals surface area contributed by atoms with Gasteiger partial charge in [-0.15, -0.1) is 0 Å². The maximum atomic E-state index is 10.7. The number of nitrogens with zero attached hydrogens (tertiary/aromatic N) is 1. The molecule has 0 saturated carbocycles. The molecule has 1 saturated heterocycles. The Kier molecular flexibility index (Phi) is 3.25. The summed E-state index contributed by atoms with van der Waals surface area (Å²) in [5.74, 6) is 5.84. The summed E-state index contributed by atoms with van der Waals surface area (Å²) in [5.41, 5.74) is 0. The summed E-state index contributed by atoms with van der Waals surface area (Å²) in [6.07, 6.45) is 0. The maximum absolute atomic E-state index is 10.7. The average Bonchev–Trinajstić information content (AvgIpc) is 2.02. The maximum Gasteiger partial charge on any atom is 0.214 e. The molecule has 0 aliphatic carbocycles. The van der Waals surface area contributed by atoms with Gasteiger partial charge in [-0.25, -0.2) is 18.1 Å². The zero-order valence-corrected chi connectivity index (χ0v) is 8.29. The highest BCUT2D eigenvalue weighted by Gasteiger charge is 2.27. The Labute approximate surface area is 78.1 Å². The van der Waals surface area contributed by atoms with Crippen LogP contribution < -0.4 is 11.0 Å². The molecule has 6 nitrogen and oxygen atoms in total. The second-order valence-electron chi connectivity index (χ2n) is 3.37. The second kappa shape index (κ2) is 3.89. The summed E-state index contributed by atoms with van der Waals surface area (Å²) >= 11 is 0. The predicted octanol–water partition coefficient (Wildman–Crippen LogP) is -2.00. The lowest BCUT2D eigenvalue weighted by atomic mass is 10.4. The van der Waals surface area contributed by atoms with E-state index >= 15 is 0 Å². The number of quaternary nitrogens is 1. The molecule has 0 radical (unpaired) electrons. The molecular weight excluding hydrogens is 194 g/mol. The Bertz CT molecular complexity index is 258. The Hall–Kier alpha value is -0.210. The van der Waals surface area contributed by atoms with Crippen LogP contribution in [0.1, 0.15) is 0 Å². The Balaban J connectivity index is 2.42. The molecule has 1 aliphatic heterocycles. The standard InChI is InChI=1S/C6H16N3O3S/c7-9(1-4-12-5-2-9)3-6-13(8,10)11/h1-7H2,(H2,8,10,11)/q+1. The number of primary sulfonamides is 1. The van der Waals surface area contributed by atoms with Crippen LogP contribution in [-0.2, 0) is 14.8 Å². The fourth-order valence-corrected chi connectivity index (χ4v) is 1.86. The largest absolute Gasteiger partial charge is 0.370 e. The van der Waals surface area contributed by atoms with Crippen molar-refractivity contribution in [2.75, 3.05) is 38.6 Å². The molecule has 0 bridgehead atoms. The van der Waals surface area contributed by atoms with Crippen molar-refractivity contribution < 1.29 is 17.7 Å². The SMILES string of the molecule is N[N+]1(CCS(N)(=O)=O)CCOCC1. The molecular formula is C6H16N3O3S+. The van der Waals surface area contributed by atoms with Crippen molar-refractivity contribution >= 4 is 10.0 Å². The molecule has 13 heavy (non-hydrogen) atoms. The first-order valence-electron chi connectivity index (χ1n) is 4.14. The van der Waals surface area contributed by atoms with Gasteiger partial charge in [0.15, 0.2) is 0 Å². The minimum Gasteiger partial charge on any atom is -0.370 e. The fourth-order valence-electron chi connectivity index (χ4n) is 1.24. The zero-order chi connectivity index (χ0) is 9.95. The lowest BCUT2D eigenvalue weighted by molar-refractivity contribution is -0.944. The molecule has 0 amide bonds. The summed E-state index contributed by atoms with van der Waals surface area (Å²) in [4.78, 5) is 0. The number of nitrogens with two attached hydrogens (primary N) is 2. The van der Waals surface area contributed by atoms with Crippen LogP contribution in [0.3, 0.4) is 0 Å². The molecule has 78 valence electrons. The first-order chi connectivity index (χ1) is 5.91. The molecule has 1 rings (SSSR count). The van der Waals surface area contributed by atoms with Gasteiger partial charge in [-0.2, -0.15) is 5.84 Å². The number of sulfonamides is 1. The highest BCUT2D eigenvalue weighted by molar-refractivity contribution is 7.89. The van der Waals surface area contributed by atoms with E-state index in [0.29, 0.717) is 32.8 Å². The molecule has 0 aromatic rings. The van der Waals surface area contributed by atoms with E-state index in [2.05, 4.69) is 0 Å². The van der Waals surface area contributed by atoms with Crippen molar-refractivity contribution in [3.8, 4) is 0 Å². The van der Waals surface area contributed by atoms with Crippen molar-refractivity contribution in [3.63, 3.8) is 0 Å². The van der Waals surface area contributed by atoms with Gasteiger partial charge in [-0.1, -0.05) is 0 Å². The topological polar surface area (TPSA) is 95.4 Å². The van der Waals surface area contributed by atoms with Gasteiger partial charge in [-0.3, -0.25) is 0 Å². The third kappa shape index (κ3) is 4.01. The number of ether oxygens (including phenoxy) is 1. The normalized spacial score (nSPS) is 22.9. The summed E-state index contributed by atoms with van der Waals surface area (Å²) in [5, 5.41) is 4.89. The molecule has 0 spiro atoms. The second-order valence-corrected chi connectivity index (χ2v) is 5.10.